The lowest BCUT2D eigenvalue weighted by Gasteiger charge is -2.36. The van der Waals surface area contributed by atoms with E-state index in [1.807, 2.05) is 4.68 Å². The third-order valence-corrected chi connectivity index (χ3v) is 3.59. The minimum Gasteiger partial charge on any atom is -0.304 e. The molecule has 1 unspecified atom stereocenters. The van der Waals surface area contributed by atoms with Gasteiger partial charge < -0.3 is 4.90 Å². The molecule has 1 aliphatic rings. The van der Waals surface area contributed by atoms with E-state index in [0.717, 1.165) is 32.0 Å². The van der Waals surface area contributed by atoms with Crippen molar-refractivity contribution in [2.45, 2.75) is 39.3 Å². The summed E-state index contributed by atoms with van der Waals surface area (Å²) < 4.78 is 1.94. The highest BCUT2D eigenvalue weighted by molar-refractivity contribution is 4.95. The van der Waals surface area contributed by atoms with Crippen LogP contribution in [-0.2, 0) is 5.54 Å². The van der Waals surface area contributed by atoms with E-state index < -0.39 is 0 Å². The topological polar surface area (TPSA) is 50.1 Å². The normalized spacial score (nSPS) is 21.2. The predicted molar refractivity (Wildman–Crippen MR) is 70.3 cm³/mol. The summed E-state index contributed by atoms with van der Waals surface area (Å²) in [7, 11) is 2.17. The molecule has 1 saturated heterocycles. The highest BCUT2D eigenvalue weighted by Crippen LogP contribution is 2.23. The summed E-state index contributed by atoms with van der Waals surface area (Å²) in [5, 5.41) is 12.2. The van der Waals surface area contributed by atoms with Crippen LogP contribution in [0.3, 0.4) is 0 Å². The van der Waals surface area contributed by atoms with Gasteiger partial charge in [0, 0.05) is 26.2 Å². The second-order valence-electron chi connectivity index (χ2n) is 6.13. The molecule has 6 nitrogen and oxygen atoms in total. The number of likely N-dealkylation sites (N-methyl/N-ethyl adjacent to an activating group) is 1. The van der Waals surface area contributed by atoms with Crippen molar-refractivity contribution in [2.24, 2.45) is 0 Å². The van der Waals surface area contributed by atoms with Crippen LogP contribution in [0.1, 0.15) is 39.6 Å². The van der Waals surface area contributed by atoms with Gasteiger partial charge in [-0.05, 0) is 45.2 Å². The monoisotopic (exact) mass is 252 g/mol. The first kappa shape index (κ1) is 13.4. The van der Waals surface area contributed by atoms with Crippen LogP contribution >= 0.6 is 0 Å². The van der Waals surface area contributed by atoms with Crippen molar-refractivity contribution < 1.29 is 0 Å². The second kappa shape index (κ2) is 4.93. The predicted octanol–water partition coefficient (Wildman–Crippen LogP) is 0.736. The Labute approximate surface area is 109 Å². The van der Waals surface area contributed by atoms with Crippen molar-refractivity contribution in [1.82, 2.24) is 30.0 Å². The Bertz CT molecular complexity index is 386. The molecule has 2 rings (SSSR count). The standard InChI is InChI=1S/C12H24N6/c1-10(17-8-6-16(5)7-9-17)11-13-14-15-18(11)12(2,3)4/h10H,6-9H2,1-5H3. The summed E-state index contributed by atoms with van der Waals surface area (Å²) in [5.41, 5.74) is -0.0698. The molecule has 102 valence electrons. The van der Waals surface area contributed by atoms with Gasteiger partial charge in [0.15, 0.2) is 5.82 Å². The van der Waals surface area contributed by atoms with Crippen LogP contribution in [0.4, 0.5) is 0 Å². The molecule has 0 saturated carbocycles. The fourth-order valence-electron chi connectivity index (χ4n) is 2.30. The first-order valence-corrected chi connectivity index (χ1v) is 6.61. The lowest BCUT2D eigenvalue weighted by atomic mass is 10.1. The van der Waals surface area contributed by atoms with Crippen molar-refractivity contribution in [1.29, 1.82) is 0 Å². The van der Waals surface area contributed by atoms with Crippen LogP contribution in [0.2, 0.25) is 0 Å². The smallest absolute Gasteiger partial charge is 0.168 e. The van der Waals surface area contributed by atoms with E-state index in [9.17, 15) is 0 Å². The molecule has 1 aromatic heterocycles. The summed E-state index contributed by atoms with van der Waals surface area (Å²) in [6.07, 6.45) is 0. The van der Waals surface area contributed by atoms with Gasteiger partial charge in [0.2, 0.25) is 0 Å². The zero-order chi connectivity index (χ0) is 13.3. The molecular formula is C12H24N6. The summed E-state index contributed by atoms with van der Waals surface area (Å²) in [4.78, 5) is 4.81. The largest absolute Gasteiger partial charge is 0.304 e. The van der Waals surface area contributed by atoms with E-state index in [0.29, 0.717) is 0 Å². The van der Waals surface area contributed by atoms with Gasteiger partial charge in [0.05, 0.1) is 11.6 Å². The molecule has 0 bridgehead atoms. The number of nitrogens with zero attached hydrogens (tertiary/aromatic N) is 6. The van der Waals surface area contributed by atoms with Gasteiger partial charge in [0.1, 0.15) is 0 Å². The third-order valence-electron chi connectivity index (χ3n) is 3.59. The fourth-order valence-corrected chi connectivity index (χ4v) is 2.30. The fraction of sp³-hybridized carbons (Fsp3) is 0.917. The summed E-state index contributed by atoms with van der Waals surface area (Å²) in [6, 6.07) is 0.271. The van der Waals surface area contributed by atoms with E-state index >= 15 is 0 Å². The summed E-state index contributed by atoms with van der Waals surface area (Å²) >= 11 is 0. The van der Waals surface area contributed by atoms with Crippen LogP contribution in [0.25, 0.3) is 0 Å². The molecule has 2 heterocycles. The molecule has 0 amide bonds. The number of hydrogen-bond acceptors (Lipinski definition) is 5. The zero-order valence-electron chi connectivity index (χ0n) is 12.1. The number of piperazine rings is 1. The lowest BCUT2D eigenvalue weighted by Crippen LogP contribution is -2.46. The first-order valence-electron chi connectivity index (χ1n) is 6.61. The first-order chi connectivity index (χ1) is 8.39. The Balaban J connectivity index is 2.14. The number of aromatic nitrogens is 4. The highest BCUT2D eigenvalue weighted by Gasteiger charge is 2.28. The maximum Gasteiger partial charge on any atom is 0.168 e. The second-order valence-corrected chi connectivity index (χ2v) is 6.13. The summed E-state index contributed by atoms with van der Waals surface area (Å²) in [6.45, 7) is 13.0. The minimum absolute atomic E-state index is 0.0698. The van der Waals surface area contributed by atoms with Crippen molar-refractivity contribution in [3.8, 4) is 0 Å². The molecule has 1 fully saturated rings. The molecule has 1 aliphatic heterocycles. The molecule has 1 aromatic rings. The van der Waals surface area contributed by atoms with Gasteiger partial charge in [-0.1, -0.05) is 0 Å². The van der Waals surface area contributed by atoms with E-state index in [1.165, 1.54) is 0 Å². The SMILES string of the molecule is CC(c1nnnn1C(C)(C)C)N1CCN(C)CC1. The Kier molecular flexibility index (Phi) is 3.68. The van der Waals surface area contributed by atoms with Crippen molar-refractivity contribution in [3.05, 3.63) is 5.82 Å². The molecule has 0 aromatic carbocycles. The van der Waals surface area contributed by atoms with E-state index in [2.05, 4.69) is 60.1 Å². The van der Waals surface area contributed by atoms with Gasteiger partial charge in [-0.3, -0.25) is 4.90 Å². The zero-order valence-corrected chi connectivity index (χ0v) is 12.1. The van der Waals surface area contributed by atoms with Crippen molar-refractivity contribution in [2.75, 3.05) is 33.2 Å². The molecule has 18 heavy (non-hydrogen) atoms. The summed E-state index contributed by atoms with van der Waals surface area (Å²) in [5.74, 6) is 0.965. The minimum atomic E-state index is -0.0698. The van der Waals surface area contributed by atoms with Gasteiger partial charge >= 0.3 is 0 Å². The maximum absolute atomic E-state index is 4.22. The van der Waals surface area contributed by atoms with Crippen LogP contribution in [0.15, 0.2) is 0 Å². The van der Waals surface area contributed by atoms with Gasteiger partial charge in [0.25, 0.3) is 0 Å². The van der Waals surface area contributed by atoms with Crippen LogP contribution in [0.5, 0.6) is 0 Å². The maximum atomic E-state index is 4.22. The molecule has 0 aliphatic carbocycles. The lowest BCUT2D eigenvalue weighted by molar-refractivity contribution is 0.110. The molecule has 1 atom stereocenters. The average Bonchev–Trinajstić information content (AvgIpc) is 2.77. The quantitative estimate of drug-likeness (QED) is 0.777. The highest BCUT2D eigenvalue weighted by atomic mass is 15.6. The van der Waals surface area contributed by atoms with Crippen molar-refractivity contribution in [3.63, 3.8) is 0 Å². The van der Waals surface area contributed by atoms with E-state index in [1.54, 1.807) is 0 Å². The third kappa shape index (κ3) is 2.70. The molecule has 0 radical (unpaired) electrons. The number of tetrazole rings is 1. The molecule has 0 spiro atoms. The van der Waals surface area contributed by atoms with Gasteiger partial charge in [-0.2, -0.15) is 0 Å². The molecular weight excluding hydrogens is 228 g/mol. The Hall–Kier alpha value is -1.01. The van der Waals surface area contributed by atoms with E-state index in [4.69, 9.17) is 0 Å². The van der Waals surface area contributed by atoms with Crippen LogP contribution < -0.4 is 0 Å². The molecule has 0 N–H and O–H groups in total. The van der Waals surface area contributed by atoms with Gasteiger partial charge in [-0.25, -0.2) is 4.68 Å². The van der Waals surface area contributed by atoms with E-state index in [-0.39, 0.29) is 11.6 Å². The Morgan fingerprint density at radius 2 is 1.72 bits per heavy atom. The number of hydrogen-bond donors (Lipinski definition) is 0. The van der Waals surface area contributed by atoms with Crippen molar-refractivity contribution >= 4 is 0 Å². The number of rotatable bonds is 2. The Morgan fingerprint density at radius 3 is 2.28 bits per heavy atom. The van der Waals surface area contributed by atoms with Crippen LogP contribution in [0, 0.1) is 0 Å². The average molecular weight is 252 g/mol. The Morgan fingerprint density at radius 1 is 1.11 bits per heavy atom. The van der Waals surface area contributed by atoms with Crippen LogP contribution in [-0.4, -0.2) is 63.2 Å². The molecule has 6 heteroatoms. The van der Waals surface area contributed by atoms with Gasteiger partial charge in [-0.15, -0.1) is 5.10 Å².